The number of carbonyl (C=O) groups excluding carboxylic acids is 4. The van der Waals surface area contributed by atoms with Crippen molar-refractivity contribution in [2.75, 3.05) is 12.9 Å². The van der Waals surface area contributed by atoms with Gasteiger partial charge in [0.25, 0.3) is 11.8 Å². The van der Waals surface area contributed by atoms with Gasteiger partial charge in [-0.15, -0.1) is 0 Å². The first-order valence-corrected chi connectivity index (χ1v) is 10.3. The van der Waals surface area contributed by atoms with E-state index < -0.39 is 46.6 Å². The van der Waals surface area contributed by atoms with Crippen LogP contribution in [0.2, 0.25) is 0 Å². The number of hydrogen-bond acceptors (Lipinski definition) is 6. The van der Waals surface area contributed by atoms with Gasteiger partial charge in [-0.3, -0.25) is 24.1 Å². The van der Waals surface area contributed by atoms with Crippen molar-refractivity contribution in [3.63, 3.8) is 0 Å². The average Bonchev–Trinajstić information content (AvgIpc) is 2.87. The summed E-state index contributed by atoms with van der Waals surface area (Å²) in [5.74, 6) is -3.57. The van der Waals surface area contributed by atoms with E-state index in [1.54, 1.807) is 19.1 Å². The van der Waals surface area contributed by atoms with Crippen molar-refractivity contribution in [3.8, 4) is 0 Å². The molecule has 0 saturated carbocycles. The molecule has 1 N–H and O–H groups in total. The molecule has 1 fully saturated rings. The highest BCUT2D eigenvalue weighted by molar-refractivity contribution is 8.21. The first-order chi connectivity index (χ1) is 12.8. The summed E-state index contributed by atoms with van der Waals surface area (Å²) in [7, 11) is 7.90. The smallest absolute Gasteiger partial charge is 0.312 e. The van der Waals surface area contributed by atoms with Gasteiger partial charge in [0.1, 0.15) is 0 Å². The van der Waals surface area contributed by atoms with Gasteiger partial charge in [0.2, 0.25) is 5.91 Å². The Kier molecular flexibility index (Phi) is 5.42. The molecule has 2 aliphatic rings. The molecule has 27 heavy (non-hydrogen) atoms. The fourth-order valence-electron chi connectivity index (χ4n) is 3.57. The van der Waals surface area contributed by atoms with Crippen LogP contribution in [0.5, 0.6) is 0 Å². The number of amides is 3. The van der Waals surface area contributed by atoms with Gasteiger partial charge in [-0.25, -0.2) is 0 Å². The predicted octanol–water partition coefficient (Wildman–Crippen LogP) is 2.03. The Morgan fingerprint density at radius 3 is 2.30 bits per heavy atom. The second kappa shape index (κ2) is 7.33. The molecule has 0 aromatic heterocycles. The number of methoxy groups -OCH3 is 1. The van der Waals surface area contributed by atoms with Crippen LogP contribution in [-0.4, -0.2) is 52.5 Å². The van der Waals surface area contributed by atoms with Crippen molar-refractivity contribution >= 4 is 56.9 Å². The van der Waals surface area contributed by atoms with Gasteiger partial charge in [-0.05, 0) is 28.7 Å². The van der Waals surface area contributed by atoms with E-state index in [0.717, 1.165) is 15.9 Å². The molecule has 0 spiro atoms. The molecule has 7 nitrogen and oxygen atoms in total. The molecule has 0 bridgehead atoms. The average molecular weight is 431 g/mol. The fraction of sp³-hybridized carbons (Fsp3) is 0.412. The van der Waals surface area contributed by atoms with Crippen LogP contribution in [0.1, 0.15) is 27.6 Å². The van der Waals surface area contributed by atoms with Gasteiger partial charge in [0.15, 0.2) is 11.0 Å². The van der Waals surface area contributed by atoms with Gasteiger partial charge < -0.3 is 10.1 Å². The number of imide groups is 1. The molecule has 1 aromatic carbocycles. The van der Waals surface area contributed by atoms with E-state index in [1.165, 1.54) is 19.2 Å². The molecule has 3 amide bonds. The number of esters is 1. The van der Waals surface area contributed by atoms with Crippen LogP contribution in [0.25, 0.3) is 0 Å². The molecule has 4 unspecified atom stereocenters. The first-order valence-electron chi connectivity index (χ1n) is 8.07. The van der Waals surface area contributed by atoms with Gasteiger partial charge in [-0.2, -0.15) is 0 Å². The van der Waals surface area contributed by atoms with Crippen molar-refractivity contribution in [3.05, 3.63) is 35.4 Å². The third kappa shape index (κ3) is 2.99. The van der Waals surface area contributed by atoms with E-state index in [4.69, 9.17) is 27.0 Å². The summed E-state index contributed by atoms with van der Waals surface area (Å²) in [6.45, 7) is 1.73. The Hall–Kier alpha value is -1.77. The molecule has 1 saturated heterocycles. The van der Waals surface area contributed by atoms with Crippen molar-refractivity contribution in [2.45, 2.75) is 18.0 Å². The Morgan fingerprint density at radius 2 is 1.85 bits per heavy atom. The lowest BCUT2D eigenvalue weighted by Crippen LogP contribution is -2.80. The minimum absolute atomic E-state index is 0.195. The summed E-state index contributed by atoms with van der Waals surface area (Å²) in [6, 6.07) is 4.93. The fourth-order valence-corrected chi connectivity index (χ4v) is 5.16. The first kappa shape index (κ1) is 20.0. The molecule has 1 aromatic rings. The number of alkyl halides is 1. The second-order valence-corrected chi connectivity index (χ2v) is 8.27. The number of nitrogens with one attached hydrogen (secondary N) is 1. The molecule has 3 rings (SSSR count). The number of hydrogen-bond donors (Lipinski definition) is 1. The van der Waals surface area contributed by atoms with E-state index >= 15 is 0 Å². The Labute approximate surface area is 169 Å². The zero-order valence-corrected chi connectivity index (χ0v) is 16.7. The van der Waals surface area contributed by atoms with Crippen molar-refractivity contribution in [1.29, 1.82) is 0 Å². The number of ether oxygens (including phenoxy) is 1. The summed E-state index contributed by atoms with van der Waals surface area (Å²) in [5, 5.41) is 2.50. The summed E-state index contributed by atoms with van der Waals surface area (Å²) in [5.41, 5.74) is 0.389. The number of halogens is 2. The zero-order valence-electron chi connectivity index (χ0n) is 14.4. The minimum atomic E-state index is -1.68. The number of benzene rings is 1. The van der Waals surface area contributed by atoms with E-state index in [0.29, 0.717) is 5.75 Å². The lowest BCUT2D eigenvalue weighted by atomic mass is 9.78. The molecule has 2 heterocycles. The molecular formula is C17H16Cl2N2O5S. The number of fused-ring (bicyclic) bond motifs is 1. The highest BCUT2D eigenvalue weighted by atomic mass is 35.7. The summed E-state index contributed by atoms with van der Waals surface area (Å²) >= 11 is 6.66. The van der Waals surface area contributed by atoms with Gasteiger partial charge in [0.05, 0.1) is 24.2 Å². The lowest BCUT2D eigenvalue weighted by Gasteiger charge is -2.51. The molecule has 0 radical (unpaired) electrons. The van der Waals surface area contributed by atoms with E-state index in [9.17, 15) is 19.2 Å². The zero-order chi connectivity index (χ0) is 19.9. The Balaban J connectivity index is 2.00. The maximum atomic E-state index is 12.8. The predicted molar refractivity (Wildman–Crippen MR) is 100 cm³/mol. The second-order valence-electron chi connectivity index (χ2n) is 6.44. The largest absolute Gasteiger partial charge is 0.469 e. The molecule has 10 heteroatoms. The number of carbonyl (C=O) groups is 4. The highest BCUT2D eigenvalue weighted by Crippen LogP contribution is 2.44. The summed E-state index contributed by atoms with van der Waals surface area (Å²) in [4.78, 5) is 49.4. The lowest BCUT2D eigenvalue weighted by molar-refractivity contribution is -0.156. The van der Waals surface area contributed by atoms with Crippen LogP contribution in [0.15, 0.2) is 24.3 Å². The van der Waals surface area contributed by atoms with Gasteiger partial charge in [-0.1, -0.05) is 41.6 Å². The normalized spacial score (nSPS) is 26.1. The number of β-lactam (4-membered cyclic amide) rings is 1. The SMILES string of the molecule is COC(=O)C(C(C)CSCl)C1(Cl)NC(=O)C1N1C(=O)c2ccccc2C1=O. The monoisotopic (exact) mass is 430 g/mol. The molecule has 2 aliphatic heterocycles. The summed E-state index contributed by atoms with van der Waals surface area (Å²) < 4.78 is 4.85. The number of rotatable bonds is 6. The van der Waals surface area contributed by atoms with Crippen LogP contribution in [-0.2, 0) is 14.3 Å². The summed E-state index contributed by atoms with van der Waals surface area (Å²) in [6.07, 6.45) is 0. The number of nitrogens with zero attached hydrogens (tertiary/aromatic N) is 1. The topological polar surface area (TPSA) is 92.8 Å². The third-order valence-electron chi connectivity index (χ3n) is 4.85. The molecule has 0 aliphatic carbocycles. The standard InChI is InChI=1S/C17H16Cl2N2O5S/c1-8(7-27-19)11(16(25)26-2)17(18)12(13(22)20-17)21-14(23)9-5-3-4-6-10(9)15(21)24/h3-6,8,11-12H,7H2,1-2H3,(H,20,22). The maximum absolute atomic E-state index is 12.8. The molecular weight excluding hydrogens is 415 g/mol. The van der Waals surface area contributed by atoms with Gasteiger partial charge >= 0.3 is 5.97 Å². The van der Waals surface area contributed by atoms with E-state index in [2.05, 4.69) is 5.32 Å². The minimum Gasteiger partial charge on any atom is -0.469 e. The van der Waals surface area contributed by atoms with Crippen LogP contribution >= 0.6 is 33.3 Å². The van der Waals surface area contributed by atoms with Crippen molar-refractivity contribution < 1.29 is 23.9 Å². The van der Waals surface area contributed by atoms with Gasteiger partial charge in [0, 0.05) is 5.75 Å². The van der Waals surface area contributed by atoms with Crippen molar-refractivity contribution in [2.24, 2.45) is 11.8 Å². The van der Waals surface area contributed by atoms with Crippen LogP contribution in [0, 0.1) is 11.8 Å². The van der Waals surface area contributed by atoms with E-state index in [1.807, 2.05) is 0 Å². The highest BCUT2D eigenvalue weighted by Gasteiger charge is 2.66. The third-order valence-corrected chi connectivity index (χ3v) is 6.41. The molecule has 4 atom stereocenters. The van der Waals surface area contributed by atoms with Crippen LogP contribution in [0.3, 0.4) is 0 Å². The maximum Gasteiger partial charge on any atom is 0.312 e. The Bertz CT molecular complexity index is 800. The quantitative estimate of drug-likeness (QED) is 0.244. The van der Waals surface area contributed by atoms with Crippen molar-refractivity contribution in [1.82, 2.24) is 10.2 Å². The van der Waals surface area contributed by atoms with Crippen LogP contribution < -0.4 is 5.32 Å². The van der Waals surface area contributed by atoms with Crippen LogP contribution in [0.4, 0.5) is 0 Å². The Morgan fingerprint density at radius 1 is 1.30 bits per heavy atom. The van der Waals surface area contributed by atoms with E-state index in [-0.39, 0.29) is 11.1 Å². The molecule has 144 valence electrons.